The van der Waals surface area contributed by atoms with Gasteiger partial charge in [0.1, 0.15) is 5.70 Å². The van der Waals surface area contributed by atoms with E-state index in [2.05, 4.69) is 15.8 Å². The molecule has 0 spiro atoms. The first kappa shape index (κ1) is 10.9. The van der Waals surface area contributed by atoms with E-state index < -0.39 is 5.97 Å². The van der Waals surface area contributed by atoms with E-state index in [4.69, 9.17) is 4.84 Å². The maximum Gasteiger partial charge on any atom is 0.378 e. The van der Waals surface area contributed by atoms with Crippen molar-refractivity contribution >= 4 is 18.0 Å². The molecular formula is C12H11N3O2. The van der Waals surface area contributed by atoms with Crippen molar-refractivity contribution in [2.75, 3.05) is 5.48 Å². The zero-order valence-electron chi connectivity index (χ0n) is 8.96. The lowest BCUT2D eigenvalue weighted by Gasteiger charge is -2.07. The first-order valence-corrected chi connectivity index (χ1v) is 5.03. The number of hydrogen-bond acceptors (Lipinski definition) is 5. The van der Waals surface area contributed by atoms with E-state index in [0.29, 0.717) is 11.4 Å². The van der Waals surface area contributed by atoms with E-state index in [1.165, 1.54) is 6.34 Å². The van der Waals surface area contributed by atoms with Gasteiger partial charge in [0.2, 0.25) is 0 Å². The summed E-state index contributed by atoms with van der Waals surface area (Å²) >= 11 is 0. The van der Waals surface area contributed by atoms with Gasteiger partial charge < -0.3 is 10.2 Å². The van der Waals surface area contributed by atoms with E-state index in [-0.39, 0.29) is 0 Å². The molecule has 1 aromatic carbocycles. The second-order valence-electron chi connectivity index (χ2n) is 3.20. The van der Waals surface area contributed by atoms with Crippen molar-refractivity contribution in [2.45, 2.75) is 0 Å². The van der Waals surface area contributed by atoms with Gasteiger partial charge >= 0.3 is 5.97 Å². The Hall–Kier alpha value is -2.56. The molecule has 5 nitrogen and oxygen atoms in total. The van der Waals surface area contributed by atoms with Crippen molar-refractivity contribution in [3.05, 3.63) is 54.4 Å². The first-order valence-electron chi connectivity index (χ1n) is 5.03. The van der Waals surface area contributed by atoms with Crippen LogP contribution in [0.1, 0.15) is 0 Å². The van der Waals surface area contributed by atoms with Gasteiger partial charge in [-0.3, -0.25) is 0 Å². The van der Waals surface area contributed by atoms with E-state index in [1.807, 2.05) is 18.2 Å². The fraction of sp³-hybridized carbons (Fsp3) is 0. The van der Waals surface area contributed by atoms with Gasteiger partial charge in [0.15, 0.2) is 0 Å². The minimum Gasteiger partial charge on any atom is -0.340 e. The average Bonchev–Trinajstić information content (AvgIpc) is 2.66. The van der Waals surface area contributed by atoms with E-state index in [9.17, 15) is 4.79 Å². The summed E-state index contributed by atoms with van der Waals surface area (Å²) in [6, 6.07) is 9.15. The highest BCUT2D eigenvalue weighted by Crippen LogP contribution is 2.06. The van der Waals surface area contributed by atoms with Crippen LogP contribution in [0.4, 0.5) is 5.69 Å². The third-order valence-corrected chi connectivity index (χ3v) is 1.98. The third-order valence-electron chi connectivity index (χ3n) is 1.98. The molecule has 0 fully saturated rings. The van der Waals surface area contributed by atoms with Crippen molar-refractivity contribution in [1.29, 1.82) is 0 Å². The number of nitrogens with one attached hydrogen (secondary N) is 2. The Morgan fingerprint density at radius 3 is 2.94 bits per heavy atom. The molecule has 0 radical (unpaired) electrons. The number of benzene rings is 1. The van der Waals surface area contributed by atoms with Crippen LogP contribution in [0.15, 0.2) is 59.4 Å². The molecule has 0 amide bonds. The summed E-state index contributed by atoms with van der Waals surface area (Å²) in [5, 5.41) is 2.71. The largest absolute Gasteiger partial charge is 0.378 e. The summed E-state index contributed by atoms with van der Waals surface area (Å²) in [6.07, 6.45) is 6.22. The number of carbonyl (C=O) groups is 1. The maximum atomic E-state index is 11.6. The lowest BCUT2D eigenvalue weighted by atomic mass is 10.3. The highest BCUT2D eigenvalue weighted by atomic mass is 16.7. The van der Waals surface area contributed by atoms with Crippen LogP contribution < -0.4 is 10.8 Å². The molecule has 17 heavy (non-hydrogen) atoms. The number of carbonyl (C=O) groups excluding carboxylic acids is 1. The van der Waals surface area contributed by atoms with Gasteiger partial charge in [-0.2, -0.15) is 0 Å². The molecule has 1 aliphatic heterocycles. The summed E-state index contributed by atoms with van der Waals surface area (Å²) < 4.78 is 0. The van der Waals surface area contributed by atoms with Gasteiger partial charge in [-0.05, 0) is 24.3 Å². The van der Waals surface area contributed by atoms with Gasteiger partial charge in [-0.15, -0.1) is 0 Å². The van der Waals surface area contributed by atoms with Gasteiger partial charge in [-0.25, -0.2) is 15.3 Å². The molecule has 0 unspecified atom stereocenters. The lowest BCUT2D eigenvalue weighted by molar-refractivity contribution is -0.136. The topological polar surface area (TPSA) is 62.7 Å². The Kier molecular flexibility index (Phi) is 3.54. The fourth-order valence-corrected chi connectivity index (χ4v) is 1.18. The van der Waals surface area contributed by atoms with Crippen molar-refractivity contribution in [1.82, 2.24) is 5.32 Å². The van der Waals surface area contributed by atoms with Crippen molar-refractivity contribution in [2.24, 2.45) is 4.99 Å². The highest BCUT2D eigenvalue weighted by molar-refractivity contribution is 5.91. The van der Waals surface area contributed by atoms with Crippen molar-refractivity contribution in [3.63, 3.8) is 0 Å². The van der Waals surface area contributed by atoms with Gasteiger partial charge in [0.25, 0.3) is 0 Å². The standard InChI is InChI=1S/C12H11N3O2/c16-12(11-7-4-8-13-9-14-11)17-15-10-5-2-1-3-6-10/h1-9,15H,(H,13,14). The van der Waals surface area contributed by atoms with Crippen LogP contribution in [0.3, 0.4) is 0 Å². The number of hydrogen-bond donors (Lipinski definition) is 2. The van der Waals surface area contributed by atoms with Gasteiger partial charge in [-0.1, -0.05) is 18.2 Å². The molecular weight excluding hydrogens is 218 g/mol. The van der Waals surface area contributed by atoms with Gasteiger partial charge in [0.05, 0.1) is 12.0 Å². The van der Waals surface area contributed by atoms with Crippen LogP contribution >= 0.6 is 0 Å². The molecule has 0 saturated carbocycles. The molecule has 1 aliphatic rings. The van der Waals surface area contributed by atoms with Gasteiger partial charge in [0, 0.05) is 6.20 Å². The molecule has 2 rings (SSSR count). The summed E-state index contributed by atoms with van der Waals surface area (Å²) in [5.41, 5.74) is 3.58. The Morgan fingerprint density at radius 1 is 1.29 bits per heavy atom. The molecule has 5 heteroatoms. The van der Waals surface area contributed by atoms with Crippen LogP contribution in [0.2, 0.25) is 0 Å². The number of allylic oxidation sites excluding steroid dienone is 2. The predicted octanol–water partition coefficient (Wildman–Crippen LogP) is 1.59. The predicted molar refractivity (Wildman–Crippen MR) is 65.0 cm³/mol. The van der Waals surface area contributed by atoms with Crippen LogP contribution in [0.5, 0.6) is 0 Å². The van der Waals surface area contributed by atoms with Crippen LogP contribution in [0.25, 0.3) is 0 Å². The summed E-state index contributed by atoms with van der Waals surface area (Å²) in [7, 11) is 0. The Labute approximate surface area is 98.5 Å². The Morgan fingerprint density at radius 2 is 2.12 bits per heavy atom. The number of rotatable bonds is 3. The third kappa shape index (κ3) is 3.20. The van der Waals surface area contributed by atoms with Crippen LogP contribution in [-0.2, 0) is 9.63 Å². The van der Waals surface area contributed by atoms with Crippen LogP contribution in [-0.4, -0.2) is 12.3 Å². The second-order valence-corrected chi connectivity index (χ2v) is 3.20. The van der Waals surface area contributed by atoms with Crippen molar-refractivity contribution < 1.29 is 9.63 Å². The molecule has 0 aliphatic carbocycles. The first-order chi connectivity index (χ1) is 8.36. The Balaban J connectivity index is 1.92. The van der Waals surface area contributed by atoms with E-state index in [1.54, 1.807) is 30.5 Å². The van der Waals surface area contributed by atoms with Crippen LogP contribution in [0, 0.1) is 0 Å². The second kappa shape index (κ2) is 5.50. The molecule has 0 bridgehead atoms. The summed E-state index contributed by atoms with van der Waals surface area (Å²) in [5.74, 6) is -0.508. The summed E-state index contributed by atoms with van der Waals surface area (Å²) in [4.78, 5) is 20.3. The maximum absolute atomic E-state index is 11.6. The van der Waals surface area contributed by atoms with E-state index >= 15 is 0 Å². The lowest BCUT2D eigenvalue weighted by Crippen LogP contribution is -2.22. The van der Waals surface area contributed by atoms with E-state index in [0.717, 1.165) is 0 Å². The Bertz CT molecular complexity index is 478. The van der Waals surface area contributed by atoms with Crippen molar-refractivity contribution in [3.8, 4) is 0 Å². The summed E-state index contributed by atoms with van der Waals surface area (Å²) in [6.45, 7) is 0. The quantitative estimate of drug-likeness (QED) is 0.772. The SMILES string of the molecule is O=C(ONc1ccccc1)C1=CC=CN=CN1. The minimum absolute atomic E-state index is 0.311. The normalized spacial score (nSPS) is 13.3. The monoisotopic (exact) mass is 229 g/mol. The number of para-hydroxylation sites is 1. The molecule has 2 N–H and O–H groups in total. The molecule has 1 heterocycles. The fourth-order valence-electron chi connectivity index (χ4n) is 1.18. The smallest absolute Gasteiger partial charge is 0.340 e. The zero-order valence-corrected chi connectivity index (χ0v) is 8.96. The highest BCUT2D eigenvalue weighted by Gasteiger charge is 2.10. The number of anilines is 1. The molecule has 0 aromatic heterocycles. The average molecular weight is 229 g/mol. The number of nitrogens with zero attached hydrogens (tertiary/aromatic N) is 1. The minimum atomic E-state index is -0.508. The molecule has 86 valence electrons. The zero-order chi connectivity index (χ0) is 11.9. The molecule has 0 saturated heterocycles. The number of aliphatic imine (C=N–C) groups is 1. The molecule has 1 aromatic rings. The molecule has 0 atom stereocenters.